The van der Waals surface area contributed by atoms with Gasteiger partial charge < -0.3 is 9.47 Å². The Labute approximate surface area is 204 Å². The number of thiophene rings is 1. The normalized spacial score (nSPS) is 11.4. The van der Waals surface area contributed by atoms with Crippen LogP contribution >= 0.6 is 11.3 Å². The summed E-state index contributed by atoms with van der Waals surface area (Å²) in [5.41, 5.74) is 3.42. The lowest BCUT2D eigenvalue weighted by Gasteiger charge is -2.29. The van der Waals surface area contributed by atoms with E-state index in [2.05, 4.69) is 16.0 Å². The van der Waals surface area contributed by atoms with Gasteiger partial charge in [0.2, 0.25) is 0 Å². The minimum absolute atomic E-state index is 0.286. The van der Waals surface area contributed by atoms with Crippen molar-refractivity contribution >= 4 is 27.0 Å². The van der Waals surface area contributed by atoms with E-state index in [0.29, 0.717) is 29.4 Å². The zero-order valence-corrected chi connectivity index (χ0v) is 20.4. The topological polar surface area (TPSA) is 82.2 Å². The largest absolute Gasteiger partial charge is 0.364 e. The molecule has 174 valence electrons. The molecule has 0 radical (unpaired) electrons. The summed E-state index contributed by atoms with van der Waals surface area (Å²) in [6.45, 7) is 1.61. The zero-order chi connectivity index (χ0) is 24.0. The molecule has 4 rings (SSSR count). The number of imidazole rings is 1. The lowest BCUT2D eigenvalue weighted by Crippen LogP contribution is -2.38. The van der Waals surface area contributed by atoms with Crippen LogP contribution in [0.3, 0.4) is 0 Å². The Morgan fingerprint density at radius 1 is 1.00 bits per heavy atom. The molecule has 0 atom stereocenters. The molecule has 0 aliphatic carbocycles. The summed E-state index contributed by atoms with van der Waals surface area (Å²) in [5.74, 6) is 0. The van der Waals surface area contributed by atoms with Gasteiger partial charge in [0.25, 0.3) is 10.0 Å². The van der Waals surface area contributed by atoms with Gasteiger partial charge in [-0.2, -0.15) is 9.57 Å². The molecule has 0 unspecified atom stereocenters. The molecule has 2 heterocycles. The van der Waals surface area contributed by atoms with E-state index >= 15 is 0 Å². The van der Waals surface area contributed by atoms with E-state index in [9.17, 15) is 8.42 Å². The number of anilines is 1. The van der Waals surface area contributed by atoms with Crippen LogP contribution < -0.4 is 4.90 Å². The van der Waals surface area contributed by atoms with E-state index in [1.807, 2.05) is 54.1 Å². The van der Waals surface area contributed by atoms with Crippen molar-refractivity contribution in [2.45, 2.75) is 17.3 Å². The SMILES string of the molecule is Cn1cncc1CN(CCN(Cc1ccccc1)S(=O)(=O)c1cccs1)c1ccc(C#N)cc1. The van der Waals surface area contributed by atoms with Crippen LogP contribution in [0.4, 0.5) is 5.69 Å². The van der Waals surface area contributed by atoms with E-state index in [1.54, 1.807) is 42.2 Å². The summed E-state index contributed by atoms with van der Waals surface area (Å²) < 4.78 is 30.8. The van der Waals surface area contributed by atoms with Crippen LogP contribution in [0.2, 0.25) is 0 Å². The molecule has 0 bridgehead atoms. The third-order valence-corrected chi connectivity index (χ3v) is 8.76. The summed E-state index contributed by atoms with van der Waals surface area (Å²) in [7, 11) is -1.72. The summed E-state index contributed by atoms with van der Waals surface area (Å²) in [5, 5.41) is 10.9. The molecule has 7 nitrogen and oxygen atoms in total. The molecule has 4 aromatic rings. The molecule has 2 aromatic heterocycles. The average Bonchev–Trinajstić information content (AvgIpc) is 3.54. The van der Waals surface area contributed by atoms with Crippen molar-refractivity contribution in [1.29, 1.82) is 5.26 Å². The molecule has 0 saturated carbocycles. The number of aromatic nitrogens is 2. The second kappa shape index (κ2) is 10.7. The molecule has 2 aromatic carbocycles. The number of aryl methyl sites for hydroxylation is 1. The molecular weight excluding hydrogens is 466 g/mol. The number of rotatable bonds is 10. The van der Waals surface area contributed by atoms with Gasteiger partial charge in [-0.05, 0) is 41.3 Å². The minimum atomic E-state index is -3.65. The number of nitrogens with zero attached hydrogens (tertiary/aromatic N) is 5. The molecule has 0 N–H and O–H groups in total. The monoisotopic (exact) mass is 491 g/mol. The van der Waals surface area contributed by atoms with Crippen molar-refractivity contribution in [3.63, 3.8) is 0 Å². The van der Waals surface area contributed by atoms with Crippen LogP contribution in [0.5, 0.6) is 0 Å². The van der Waals surface area contributed by atoms with Crippen molar-refractivity contribution in [3.8, 4) is 6.07 Å². The quantitative estimate of drug-likeness (QED) is 0.331. The highest BCUT2D eigenvalue weighted by molar-refractivity contribution is 7.91. The van der Waals surface area contributed by atoms with Gasteiger partial charge in [-0.1, -0.05) is 36.4 Å². The fraction of sp³-hybridized carbons (Fsp3) is 0.200. The number of nitriles is 1. The Balaban J connectivity index is 1.62. The van der Waals surface area contributed by atoms with Crippen molar-refractivity contribution in [1.82, 2.24) is 13.9 Å². The zero-order valence-electron chi connectivity index (χ0n) is 18.8. The summed E-state index contributed by atoms with van der Waals surface area (Å²) >= 11 is 1.22. The molecule has 0 spiro atoms. The Hall–Kier alpha value is -3.45. The molecule has 34 heavy (non-hydrogen) atoms. The number of benzene rings is 2. The molecule has 0 aliphatic rings. The van der Waals surface area contributed by atoms with E-state index < -0.39 is 10.0 Å². The third kappa shape index (κ3) is 5.54. The predicted octanol–water partition coefficient (Wildman–Crippen LogP) is 4.25. The van der Waals surface area contributed by atoms with Gasteiger partial charge in [-0.3, -0.25) is 0 Å². The highest BCUT2D eigenvalue weighted by Crippen LogP contribution is 2.24. The molecule has 9 heteroatoms. The second-order valence-corrected chi connectivity index (χ2v) is 10.9. The van der Waals surface area contributed by atoms with Crippen LogP contribution in [0.1, 0.15) is 16.8 Å². The maximum Gasteiger partial charge on any atom is 0.252 e. The van der Waals surface area contributed by atoms with E-state index in [1.165, 1.54) is 15.6 Å². The first-order valence-corrected chi connectivity index (χ1v) is 13.1. The van der Waals surface area contributed by atoms with Gasteiger partial charge >= 0.3 is 0 Å². The fourth-order valence-corrected chi connectivity index (χ4v) is 6.18. The van der Waals surface area contributed by atoms with Gasteiger partial charge in [0, 0.05) is 38.6 Å². The maximum atomic E-state index is 13.5. The van der Waals surface area contributed by atoms with E-state index in [-0.39, 0.29) is 6.54 Å². The van der Waals surface area contributed by atoms with Crippen molar-refractivity contribution in [2.75, 3.05) is 18.0 Å². The average molecular weight is 492 g/mol. The van der Waals surface area contributed by atoms with Crippen LogP contribution in [-0.4, -0.2) is 35.4 Å². The van der Waals surface area contributed by atoms with Crippen LogP contribution in [0, 0.1) is 11.3 Å². The highest BCUT2D eigenvalue weighted by Gasteiger charge is 2.26. The minimum Gasteiger partial charge on any atom is -0.364 e. The van der Waals surface area contributed by atoms with Gasteiger partial charge in [-0.25, -0.2) is 13.4 Å². The molecule has 0 amide bonds. The van der Waals surface area contributed by atoms with Gasteiger partial charge in [-0.15, -0.1) is 11.3 Å². The van der Waals surface area contributed by atoms with Crippen molar-refractivity contribution < 1.29 is 8.42 Å². The van der Waals surface area contributed by atoms with Crippen molar-refractivity contribution in [2.24, 2.45) is 7.05 Å². The molecule has 0 aliphatic heterocycles. The van der Waals surface area contributed by atoms with Crippen LogP contribution in [0.15, 0.2) is 88.8 Å². The first-order chi connectivity index (χ1) is 16.5. The van der Waals surface area contributed by atoms with Gasteiger partial charge in [0.05, 0.1) is 30.2 Å². The van der Waals surface area contributed by atoms with Crippen molar-refractivity contribution in [3.05, 3.63) is 101 Å². The predicted molar refractivity (Wildman–Crippen MR) is 134 cm³/mol. The van der Waals surface area contributed by atoms with E-state index in [0.717, 1.165) is 16.9 Å². The highest BCUT2D eigenvalue weighted by atomic mass is 32.2. The Morgan fingerprint density at radius 3 is 2.38 bits per heavy atom. The second-order valence-electron chi connectivity index (χ2n) is 7.83. The maximum absolute atomic E-state index is 13.5. The first kappa shape index (κ1) is 23.7. The Bertz CT molecular complexity index is 1340. The van der Waals surface area contributed by atoms with Crippen LogP contribution in [-0.2, 0) is 30.2 Å². The Morgan fingerprint density at radius 2 is 1.76 bits per heavy atom. The Kier molecular flexibility index (Phi) is 7.43. The third-order valence-electron chi connectivity index (χ3n) is 5.54. The van der Waals surface area contributed by atoms with Gasteiger partial charge in [0.1, 0.15) is 4.21 Å². The van der Waals surface area contributed by atoms with E-state index in [4.69, 9.17) is 5.26 Å². The summed E-state index contributed by atoms with van der Waals surface area (Å²) in [6.07, 6.45) is 3.55. The first-order valence-electron chi connectivity index (χ1n) is 10.8. The summed E-state index contributed by atoms with van der Waals surface area (Å²) in [4.78, 5) is 6.32. The standard InChI is InChI=1S/C25H25N5O2S2/c1-28-20-27-17-24(28)19-29(23-11-9-21(16-26)10-12-23)13-14-30(18-22-6-3-2-4-7-22)34(31,32)25-8-5-15-33-25/h2-12,15,17,20H,13-14,18-19H2,1H3. The number of sulfonamides is 1. The smallest absolute Gasteiger partial charge is 0.252 e. The number of hydrogen-bond donors (Lipinski definition) is 0. The lowest BCUT2D eigenvalue weighted by molar-refractivity contribution is 0.409. The molecule has 0 fully saturated rings. The molecular formula is C25H25N5O2S2. The fourth-order valence-electron chi connectivity index (χ4n) is 3.62. The molecule has 0 saturated heterocycles. The van der Waals surface area contributed by atoms with Gasteiger partial charge in [0.15, 0.2) is 0 Å². The number of hydrogen-bond acceptors (Lipinski definition) is 6. The lowest BCUT2D eigenvalue weighted by atomic mass is 10.2. The van der Waals surface area contributed by atoms with Crippen LogP contribution in [0.25, 0.3) is 0 Å². The summed E-state index contributed by atoms with van der Waals surface area (Å²) in [6, 6.07) is 22.5.